The van der Waals surface area contributed by atoms with E-state index in [1.54, 1.807) is 0 Å². The van der Waals surface area contributed by atoms with Crippen LogP contribution in [0.1, 0.15) is 20.3 Å². The van der Waals surface area contributed by atoms with Crippen LogP contribution in [0.4, 0.5) is 0 Å². The highest BCUT2D eigenvalue weighted by atomic mass is 32.2. The molecule has 2 amide bonds. The van der Waals surface area contributed by atoms with E-state index in [0.717, 1.165) is 18.0 Å². The fourth-order valence-electron chi connectivity index (χ4n) is 2.93. The predicted octanol–water partition coefficient (Wildman–Crippen LogP) is 0.219. The first kappa shape index (κ1) is 19.5. The number of carboxylic acids is 1. The normalized spacial score (nSPS) is 24.3. The van der Waals surface area contributed by atoms with E-state index in [0.29, 0.717) is 4.91 Å². The van der Waals surface area contributed by atoms with Crippen LogP contribution < -0.4 is 5.32 Å². The number of carbonyl (C=O) groups is 3. The topological polar surface area (TPSA) is 130 Å². The summed E-state index contributed by atoms with van der Waals surface area (Å²) in [7, 11) is -3.72. The highest BCUT2D eigenvalue weighted by Crippen LogP contribution is 2.47. The highest BCUT2D eigenvalue weighted by Gasteiger charge is 2.57. The van der Waals surface area contributed by atoms with E-state index in [1.165, 1.54) is 30.4 Å². The van der Waals surface area contributed by atoms with Crippen molar-refractivity contribution in [2.75, 3.05) is 6.26 Å². The van der Waals surface area contributed by atoms with Crippen LogP contribution in [-0.2, 0) is 28.7 Å². The van der Waals surface area contributed by atoms with E-state index in [1.807, 2.05) is 0 Å². The Hall–Kier alpha value is -1.85. The minimum atomic E-state index is -3.72. The van der Waals surface area contributed by atoms with Gasteiger partial charge in [0.1, 0.15) is 5.70 Å². The molecule has 0 spiro atoms. The van der Waals surface area contributed by atoms with Gasteiger partial charge in [-0.05, 0) is 12.3 Å². The molecule has 138 valence electrons. The molecule has 1 saturated heterocycles. The average Bonchev–Trinajstić information content (AvgIpc) is 2.76. The molecule has 3 atom stereocenters. The maximum atomic E-state index is 12.3. The number of carbonyl (C=O) groups excluding carboxylic acids is 2. The van der Waals surface area contributed by atoms with Crippen LogP contribution >= 0.6 is 11.8 Å². The molecule has 0 aromatic rings. The van der Waals surface area contributed by atoms with E-state index in [9.17, 15) is 27.9 Å². The lowest BCUT2D eigenvalue weighted by Crippen LogP contribution is -2.62. The third-order valence-electron chi connectivity index (χ3n) is 3.77. The zero-order chi connectivity index (χ0) is 18.9. The molecule has 0 saturated carbocycles. The van der Waals surface area contributed by atoms with Crippen molar-refractivity contribution in [3.05, 3.63) is 22.2 Å². The number of thioether (sulfide) groups is 1. The summed E-state index contributed by atoms with van der Waals surface area (Å²) in [6, 6.07) is -0.452. The van der Waals surface area contributed by atoms with Crippen molar-refractivity contribution < 1.29 is 32.1 Å². The van der Waals surface area contributed by atoms with Gasteiger partial charge in [-0.3, -0.25) is 13.8 Å². The smallest absolute Gasteiger partial charge is 0.353 e. The second kappa shape index (κ2) is 7.18. The molecular formula is C14H18N2O7S2. The zero-order valence-electron chi connectivity index (χ0n) is 13.8. The summed E-state index contributed by atoms with van der Waals surface area (Å²) in [6.07, 6.45) is 1.68. The van der Waals surface area contributed by atoms with Gasteiger partial charge in [-0.15, -0.1) is 0 Å². The van der Waals surface area contributed by atoms with E-state index in [2.05, 4.69) is 5.32 Å². The van der Waals surface area contributed by atoms with Gasteiger partial charge in [0.05, 0.1) is 24.3 Å². The number of β-lactam (4-membered cyclic amide) rings is 1. The maximum Gasteiger partial charge on any atom is 0.353 e. The molecule has 2 rings (SSSR count). The Morgan fingerprint density at radius 1 is 1.48 bits per heavy atom. The minimum Gasteiger partial charge on any atom is -0.477 e. The monoisotopic (exact) mass is 390 g/mol. The van der Waals surface area contributed by atoms with Crippen LogP contribution in [0.5, 0.6) is 0 Å². The Bertz CT molecular complexity index is 772. The van der Waals surface area contributed by atoms with E-state index >= 15 is 0 Å². The van der Waals surface area contributed by atoms with Crippen molar-refractivity contribution in [3.8, 4) is 0 Å². The Kier molecular flexibility index (Phi) is 5.59. The zero-order valence-corrected chi connectivity index (χ0v) is 15.4. The summed E-state index contributed by atoms with van der Waals surface area (Å²) in [5.74, 6) is -2.69. The first-order valence-corrected chi connectivity index (χ1v) is 9.99. The largest absolute Gasteiger partial charge is 0.477 e. The van der Waals surface area contributed by atoms with Gasteiger partial charge < -0.3 is 15.3 Å². The number of amides is 2. The maximum absolute atomic E-state index is 12.3. The summed E-state index contributed by atoms with van der Waals surface area (Å²) in [6.45, 7) is 2.81. The van der Waals surface area contributed by atoms with Crippen molar-refractivity contribution in [2.45, 2.75) is 32.4 Å². The molecule has 0 aliphatic carbocycles. The van der Waals surface area contributed by atoms with Crippen molar-refractivity contribution in [1.82, 2.24) is 10.2 Å². The minimum absolute atomic E-state index is 0.115. The van der Waals surface area contributed by atoms with Gasteiger partial charge in [0.15, 0.2) is 0 Å². The van der Waals surface area contributed by atoms with Crippen molar-refractivity contribution in [3.63, 3.8) is 0 Å². The van der Waals surface area contributed by atoms with Gasteiger partial charge in [0.25, 0.3) is 10.1 Å². The molecule has 11 heteroatoms. The van der Waals surface area contributed by atoms with Crippen LogP contribution in [0.2, 0.25) is 0 Å². The van der Waals surface area contributed by atoms with Crippen molar-refractivity contribution >= 4 is 39.7 Å². The summed E-state index contributed by atoms with van der Waals surface area (Å²) >= 11 is 1.09. The van der Waals surface area contributed by atoms with Gasteiger partial charge in [0, 0.05) is 24.4 Å². The van der Waals surface area contributed by atoms with E-state index in [4.69, 9.17) is 4.18 Å². The summed E-state index contributed by atoms with van der Waals surface area (Å²) in [5, 5.41) is 13.3. The lowest BCUT2D eigenvalue weighted by Gasteiger charge is -2.45. The number of rotatable bonds is 7. The number of fused-ring (bicyclic) bond motifs is 1. The first-order chi connectivity index (χ1) is 11.5. The molecule has 2 heterocycles. The van der Waals surface area contributed by atoms with Crippen LogP contribution in [0.25, 0.3) is 0 Å². The van der Waals surface area contributed by atoms with Crippen LogP contribution in [0.3, 0.4) is 0 Å². The first-order valence-electron chi connectivity index (χ1n) is 7.29. The Balaban J connectivity index is 2.14. The molecule has 2 aliphatic heterocycles. The SMILES string of the molecule is CC(=O)NC=CSC1=C(C(=O)O)N2C(=O)[C@H]([C@H](C)OS(C)(=O)=O)[C@H]2C1. The predicted molar refractivity (Wildman–Crippen MR) is 89.3 cm³/mol. The third kappa shape index (κ3) is 4.22. The Labute approximate surface area is 149 Å². The number of carboxylic acid groups (broad SMARTS) is 1. The lowest BCUT2D eigenvalue weighted by atomic mass is 9.83. The van der Waals surface area contributed by atoms with E-state index < -0.39 is 40.1 Å². The number of nitrogens with zero attached hydrogens (tertiary/aromatic N) is 1. The van der Waals surface area contributed by atoms with Crippen LogP contribution in [0.15, 0.2) is 22.2 Å². The van der Waals surface area contributed by atoms with Gasteiger partial charge in [-0.2, -0.15) is 8.42 Å². The van der Waals surface area contributed by atoms with Crippen molar-refractivity contribution in [1.29, 1.82) is 0 Å². The fourth-order valence-corrected chi connectivity index (χ4v) is 4.46. The quantitative estimate of drug-likeness (QED) is 0.466. The molecule has 1 fully saturated rings. The molecule has 0 aromatic heterocycles. The van der Waals surface area contributed by atoms with Gasteiger partial charge in [-0.25, -0.2) is 4.79 Å². The number of nitrogens with one attached hydrogen (secondary N) is 1. The van der Waals surface area contributed by atoms with E-state index in [-0.39, 0.29) is 18.0 Å². The summed E-state index contributed by atoms with van der Waals surface area (Å²) in [5.41, 5.74) is -0.115. The van der Waals surface area contributed by atoms with Crippen LogP contribution in [-0.4, -0.2) is 54.6 Å². The average molecular weight is 390 g/mol. The number of hydrogen-bond donors (Lipinski definition) is 2. The third-order valence-corrected chi connectivity index (χ3v) is 5.34. The Morgan fingerprint density at radius 3 is 2.64 bits per heavy atom. The molecule has 0 aromatic carbocycles. The standard InChI is InChI=1S/C14H18N2O7S2/c1-7(23-25(3,21)22)11-9-6-10(24-5-4-15-8(2)17)12(14(19)20)16(9)13(11)18/h4-5,7,9,11H,6H2,1-3H3,(H,15,17)(H,19,20)/t7-,9+,11+/m0/s1. The lowest BCUT2D eigenvalue weighted by molar-refractivity contribution is -0.159. The molecule has 0 unspecified atom stereocenters. The fraction of sp³-hybridized carbons (Fsp3) is 0.500. The highest BCUT2D eigenvalue weighted by molar-refractivity contribution is 8.05. The number of hydrogen-bond acceptors (Lipinski definition) is 7. The van der Waals surface area contributed by atoms with Gasteiger partial charge >= 0.3 is 5.97 Å². The summed E-state index contributed by atoms with van der Waals surface area (Å²) in [4.78, 5) is 36.3. The molecular weight excluding hydrogens is 372 g/mol. The van der Waals surface area contributed by atoms with Gasteiger partial charge in [0.2, 0.25) is 11.8 Å². The molecule has 2 aliphatic rings. The molecule has 9 nitrogen and oxygen atoms in total. The van der Waals surface area contributed by atoms with Crippen LogP contribution in [0, 0.1) is 5.92 Å². The second-order valence-corrected chi connectivity index (χ2v) is 8.31. The van der Waals surface area contributed by atoms with Gasteiger partial charge in [-0.1, -0.05) is 11.8 Å². The Morgan fingerprint density at radius 2 is 2.12 bits per heavy atom. The molecule has 0 bridgehead atoms. The number of aliphatic carboxylic acids is 1. The van der Waals surface area contributed by atoms with Crippen molar-refractivity contribution in [2.24, 2.45) is 5.92 Å². The summed E-state index contributed by atoms with van der Waals surface area (Å²) < 4.78 is 27.4. The molecule has 2 N–H and O–H groups in total. The molecule has 0 radical (unpaired) electrons. The molecule has 25 heavy (non-hydrogen) atoms. The second-order valence-electron chi connectivity index (χ2n) is 5.71.